The van der Waals surface area contributed by atoms with Gasteiger partial charge >= 0.3 is 0 Å². The average Bonchev–Trinajstić information content (AvgIpc) is 2.61. The standard InChI is InChI=1S/C18H17N3O3/c1-24-16-4-2-3-14(11-16)18(23)20-12-13-5-7-15(8-6-13)21-17(22)9-10-19/h2-8,11H,9,12H2,1H3,(H,20,23)(H,21,22). The first-order valence-corrected chi connectivity index (χ1v) is 7.30. The zero-order valence-electron chi connectivity index (χ0n) is 13.2. The van der Waals surface area contributed by atoms with Crippen molar-refractivity contribution in [2.75, 3.05) is 12.4 Å². The Balaban J connectivity index is 1.91. The number of ether oxygens (including phenoxy) is 1. The van der Waals surface area contributed by atoms with E-state index in [4.69, 9.17) is 10.00 Å². The topological polar surface area (TPSA) is 91.2 Å². The molecule has 2 aromatic carbocycles. The third-order valence-electron chi connectivity index (χ3n) is 3.26. The second-order valence-corrected chi connectivity index (χ2v) is 4.99. The van der Waals surface area contributed by atoms with Crippen LogP contribution in [0, 0.1) is 11.3 Å². The lowest BCUT2D eigenvalue weighted by atomic mass is 10.1. The van der Waals surface area contributed by atoms with Gasteiger partial charge in [0, 0.05) is 17.8 Å². The highest BCUT2D eigenvalue weighted by Gasteiger charge is 2.06. The maximum atomic E-state index is 12.1. The van der Waals surface area contributed by atoms with Crippen LogP contribution in [-0.2, 0) is 11.3 Å². The van der Waals surface area contributed by atoms with Crippen LogP contribution in [0.2, 0.25) is 0 Å². The molecule has 0 fully saturated rings. The fraction of sp³-hybridized carbons (Fsp3) is 0.167. The molecular weight excluding hydrogens is 306 g/mol. The number of hydrogen-bond donors (Lipinski definition) is 2. The van der Waals surface area contributed by atoms with Gasteiger partial charge in [0.1, 0.15) is 12.2 Å². The minimum Gasteiger partial charge on any atom is -0.497 e. The van der Waals surface area contributed by atoms with Crippen LogP contribution < -0.4 is 15.4 Å². The van der Waals surface area contributed by atoms with Crippen molar-refractivity contribution in [3.05, 3.63) is 59.7 Å². The van der Waals surface area contributed by atoms with Crippen molar-refractivity contribution in [3.8, 4) is 11.8 Å². The van der Waals surface area contributed by atoms with Gasteiger partial charge in [0.05, 0.1) is 13.2 Å². The number of carbonyl (C=O) groups excluding carboxylic acids is 2. The number of carbonyl (C=O) groups is 2. The van der Waals surface area contributed by atoms with E-state index in [1.807, 2.05) is 0 Å². The number of nitrogens with zero attached hydrogens (tertiary/aromatic N) is 1. The number of amides is 2. The van der Waals surface area contributed by atoms with E-state index in [0.29, 0.717) is 23.5 Å². The van der Waals surface area contributed by atoms with Crippen molar-refractivity contribution in [3.63, 3.8) is 0 Å². The summed E-state index contributed by atoms with van der Waals surface area (Å²) in [5.74, 6) is 0.0805. The molecule has 2 aromatic rings. The summed E-state index contributed by atoms with van der Waals surface area (Å²) in [6.45, 7) is 0.364. The lowest BCUT2D eigenvalue weighted by molar-refractivity contribution is -0.115. The van der Waals surface area contributed by atoms with Crippen molar-refractivity contribution >= 4 is 17.5 Å². The van der Waals surface area contributed by atoms with Crippen LogP contribution >= 0.6 is 0 Å². The van der Waals surface area contributed by atoms with E-state index in [2.05, 4.69) is 10.6 Å². The van der Waals surface area contributed by atoms with Crippen molar-refractivity contribution in [2.45, 2.75) is 13.0 Å². The average molecular weight is 323 g/mol. The molecule has 24 heavy (non-hydrogen) atoms. The lowest BCUT2D eigenvalue weighted by Gasteiger charge is -2.08. The second-order valence-electron chi connectivity index (χ2n) is 4.99. The Bertz CT molecular complexity index is 764. The molecule has 0 aromatic heterocycles. The van der Waals surface area contributed by atoms with Crippen molar-refractivity contribution in [2.24, 2.45) is 0 Å². The summed E-state index contributed by atoms with van der Waals surface area (Å²) in [6.07, 6.45) is -0.182. The predicted octanol–water partition coefficient (Wildman–Crippen LogP) is 2.48. The van der Waals surface area contributed by atoms with Gasteiger partial charge in [-0.2, -0.15) is 5.26 Å². The first-order valence-electron chi connectivity index (χ1n) is 7.30. The fourth-order valence-electron chi connectivity index (χ4n) is 2.03. The highest BCUT2D eigenvalue weighted by atomic mass is 16.5. The summed E-state index contributed by atoms with van der Waals surface area (Å²) >= 11 is 0. The van der Waals surface area contributed by atoms with E-state index in [1.165, 1.54) is 0 Å². The zero-order chi connectivity index (χ0) is 17.4. The molecule has 0 radical (unpaired) electrons. The second kappa shape index (κ2) is 8.34. The van der Waals surface area contributed by atoms with Crippen molar-refractivity contribution in [1.82, 2.24) is 5.32 Å². The number of methoxy groups -OCH3 is 1. The summed E-state index contributed by atoms with van der Waals surface area (Å²) < 4.78 is 5.10. The van der Waals surface area contributed by atoms with Crippen LogP contribution in [0.3, 0.4) is 0 Å². The van der Waals surface area contributed by atoms with Crippen LogP contribution in [0.5, 0.6) is 5.75 Å². The van der Waals surface area contributed by atoms with Crippen molar-refractivity contribution in [1.29, 1.82) is 5.26 Å². The third-order valence-corrected chi connectivity index (χ3v) is 3.26. The maximum absolute atomic E-state index is 12.1. The number of nitriles is 1. The van der Waals surface area contributed by atoms with Crippen LogP contribution in [0.15, 0.2) is 48.5 Å². The molecule has 0 unspecified atom stereocenters. The molecule has 0 atom stereocenters. The van der Waals surface area contributed by atoms with Gasteiger partial charge in [0.25, 0.3) is 5.91 Å². The monoisotopic (exact) mass is 323 g/mol. The van der Waals surface area contributed by atoms with Gasteiger partial charge in [-0.1, -0.05) is 18.2 Å². The van der Waals surface area contributed by atoms with Crippen LogP contribution in [0.25, 0.3) is 0 Å². The van der Waals surface area contributed by atoms with E-state index in [1.54, 1.807) is 61.7 Å². The Morgan fingerprint density at radius 1 is 1.17 bits per heavy atom. The lowest BCUT2D eigenvalue weighted by Crippen LogP contribution is -2.22. The molecule has 0 saturated carbocycles. The molecular formula is C18H17N3O3. The molecule has 0 aliphatic carbocycles. The van der Waals surface area contributed by atoms with Gasteiger partial charge in [-0.05, 0) is 35.9 Å². The third kappa shape index (κ3) is 4.85. The molecule has 2 rings (SSSR count). The normalized spacial score (nSPS) is 9.67. The Morgan fingerprint density at radius 2 is 1.92 bits per heavy atom. The molecule has 6 heteroatoms. The molecule has 0 heterocycles. The summed E-state index contributed by atoms with van der Waals surface area (Å²) in [4.78, 5) is 23.4. The minimum atomic E-state index is -0.350. The maximum Gasteiger partial charge on any atom is 0.251 e. The highest BCUT2D eigenvalue weighted by Crippen LogP contribution is 2.13. The van der Waals surface area contributed by atoms with Gasteiger partial charge in [-0.25, -0.2) is 0 Å². The molecule has 2 N–H and O–H groups in total. The predicted molar refractivity (Wildman–Crippen MR) is 89.5 cm³/mol. The Kier molecular flexibility index (Phi) is 5.92. The highest BCUT2D eigenvalue weighted by molar-refractivity contribution is 5.94. The number of nitrogens with one attached hydrogen (secondary N) is 2. The van der Waals surface area contributed by atoms with E-state index >= 15 is 0 Å². The fourth-order valence-corrected chi connectivity index (χ4v) is 2.03. The van der Waals surface area contributed by atoms with E-state index < -0.39 is 0 Å². The molecule has 122 valence electrons. The molecule has 0 spiro atoms. The molecule has 6 nitrogen and oxygen atoms in total. The van der Waals surface area contributed by atoms with Gasteiger partial charge < -0.3 is 15.4 Å². The van der Waals surface area contributed by atoms with E-state index in [0.717, 1.165) is 5.56 Å². The van der Waals surface area contributed by atoms with E-state index in [-0.39, 0.29) is 18.2 Å². The number of anilines is 1. The number of benzene rings is 2. The quantitative estimate of drug-likeness (QED) is 0.854. The largest absolute Gasteiger partial charge is 0.497 e. The zero-order valence-corrected chi connectivity index (χ0v) is 13.2. The SMILES string of the molecule is COc1cccc(C(=O)NCc2ccc(NC(=O)CC#N)cc2)c1. The molecule has 2 amide bonds. The molecule has 0 aliphatic rings. The summed E-state index contributed by atoms with van der Waals surface area (Å²) in [7, 11) is 1.55. The Labute approximate surface area is 140 Å². The summed E-state index contributed by atoms with van der Waals surface area (Å²) in [6, 6.07) is 15.7. The Morgan fingerprint density at radius 3 is 2.58 bits per heavy atom. The molecule has 0 saturated heterocycles. The van der Waals surface area contributed by atoms with Crippen molar-refractivity contribution < 1.29 is 14.3 Å². The minimum absolute atomic E-state index is 0.182. The Hall–Kier alpha value is -3.33. The number of rotatable bonds is 6. The first-order chi connectivity index (χ1) is 11.6. The summed E-state index contributed by atoms with van der Waals surface area (Å²) in [5, 5.41) is 13.9. The number of hydrogen-bond acceptors (Lipinski definition) is 4. The van der Waals surface area contributed by atoms with Crippen LogP contribution in [0.4, 0.5) is 5.69 Å². The van der Waals surface area contributed by atoms with Gasteiger partial charge in [0.15, 0.2) is 0 Å². The summed E-state index contributed by atoms with van der Waals surface area (Å²) in [5.41, 5.74) is 2.03. The van der Waals surface area contributed by atoms with Crippen LogP contribution in [-0.4, -0.2) is 18.9 Å². The smallest absolute Gasteiger partial charge is 0.251 e. The van der Waals surface area contributed by atoms with Gasteiger partial charge in [-0.15, -0.1) is 0 Å². The molecule has 0 bridgehead atoms. The van der Waals surface area contributed by atoms with Gasteiger partial charge in [0.2, 0.25) is 5.91 Å². The molecule has 0 aliphatic heterocycles. The van der Waals surface area contributed by atoms with E-state index in [9.17, 15) is 9.59 Å². The van der Waals surface area contributed by atoms with Gasteiger partial charge in [-0.3, -0.25) is 9.59 Å². The van der Waals surface area contributed by atoms with Crippen LogP contribution in [0.1, 0.15) is 22.3 Å². The first kappa shape index (κ1) is 17.0.